The van der Waals surface area contributed by atoms with E-state index in [2.05, 4.69) is 14.9 Å². The van der Waals surface area contributed by atoms with E-state index >= 15 is 0 Å². The predicted octanol–water partition coefficient (Wildman–Crippen LogP) is 4.41. The van der Waals surface area contributed by atoms with Gasteiger partial charge in [0.1, 0.15) is 12.1 Å². The van der Waals surface area contributed by atoms with Gasteiger partial charge in [0.2, 0.25) is 0 Å². The van der Waals surface area contributed by atoms with E-state index in [-0.39, 0.29) is 5.91 Å². The number of hydrogen-bond acceptors (Lipinski definition) is 4. The fraction of sp³-hybridized carbons (Fsp3) is 0.190. The highest BCUT2D eigenvalue weighted by Crippen LogP contribution is 2.24. The van der Waals surface area contributed by atoms with Crippen molar-refractivity contribution >= 4 is 34.9 Å². The SMILES string of the molecule is O=C(c1ccc(Cl)c(Cl)c1)N1CCN(c2cc(-c3ccccc3)ncn2)CC1. The second kappa shape index (κ2) is 8.17. The number of carbonyl (C=O) groups is 1. The van der Waals surface area contributed by atoms with Crippen molar-refractivity contribution in [3.63, 3.8) is 0 Å². The van der Waals surface area contributed by atoms with Crippen LogP contribution in [-0.4, -0.2) is 47.0 Å². The lowest BCUT2D eigenvalue weighted by Gasteiger charge is -2.35. The van der Waals surface area contributed by atoms with E-state index in [0.29, 0.717) is 41.8 Å². The summed E-state index contributed by atoms with van der Waals surface area (Å²) < 4.78 is 0. The molecule has 1 aromatic heterocycles. The third kappa shape index (κ3) is 3.96. The summed E-state index contributed by atoms with van der Waals surface area (Å²) in [6.45, 7) is 2.64. The highest BCUT2D eigenvalue weighted by atomic mass is 35.5. The van der Waals surface area contributed by atoms with Crippen LogP contribution in [0.3, 0.4) is 0 Å². The van der Waals surface area contributed by atoms with Crippen LogP contribution in [0.1, 0.15) is 10.4 Å². The normalized spacial score (nSPS) is 14.2. The Kier molecular flexibility index (Phi) is 5.46. The van der Waals surface area contributed by atoms with E-state index in [0.717, 1.165) is 17.1 Å². The summed E-state index contributed by atoms with van der Waals surface area (Å²) in [6, 6.07) is 17.0. The molecule has 0 spiro atoms. The summed E-state index contributed by atoms with van der Waals surface area (Å²) in [5.41, 5.74) is 2.50. The van der Waals surface area contributed by atoms with Crippen LogP contribution in [0.2, 0.25) is 10.0 Å². The minimum atomic E-state index is -0.0362. The summed E-state index contributed by atoms with van der Waals surface area (Å²) in [4.78, 5) is 25.5. The van der Waals surface area contributed by atoms with Crippen LogP contribution < -0.4 is 4.90 Å². The molecule has 0 aliphatic carbocycles. The Balaban J connectivity index is 1.44. The minimum Gasteiger partial charge on any atom is -0.353 e. The Bertz CT molecular complexity index is 989. The lowest BCUT2D eigenvalue weighted by Crippen LogP contribution is -2.49. The van der Waals surface area contributed by atoms with Crippen molar-refractivity contribution in [3.05, 3.63) is 76.5 Å². The van der Waals surface area contributed by atoms with Crippen molar-refractivity contribution in [1.82, 2.24) is 14.9 Å². The largest absolute Gasteiger partial charge is 0.353 e. The van der Waals surface area contributed by atoms with Crippen molar-refractivity contribution in [2.24, 2.45) is 0 Å². The maximum absolute atomic E-state index is 12.7. The zero-order valence-corrected chi connectivity index (χ0v) is 16.6. The molecule has 0 N–H and O–H groups in total. The predicted molar refractivity (Wildman–Crippen MR) is 112 cm³/mol. The Labute approximate surface area is 173 Å². The molecule has 1 aliphatic rings. The van der Waals surface area contributed by atoms with E-state index in [1.54, 1.807) is 24.5 Å². The molecule has 142 valence electrons. The third-order valence-corrected chi connectivity index (χ3v) is 5.52. The molecule has 4 rings (SSSR count). The summed E-state index contributed by atoms with van der Waals surface area (Å²) in [5.74, 6) is 0.835. The molecule has 1 amide bonds. The fourth-order valence-corrected chi connectivity index (χ4v) is 3.54. The molecular formula is C21H18Cl2N4O. The van der Waals surface area contributed by atoms with Crippen molar-refractivity contribution < 1.29 is 4.79 Å². The van der Waals surface area contributed by atoms with Crippen LogP contribution in [0.15, 0.2) is 60.9 Å². The van der Waals surface area contributed by atoms with E-state index in [1.165, 1.54) is 0 Å². The van der Waals surface area contributed by atoms with Gasteiger partial charge in [-0.1, -0.05) is 53.5 Å². The van der Waals surface area contributed by atoms with Gasteiger partial charge in [0.15, 0.2) is 0 Å². The minimum absolute atomic E-state index is 0.0362. The Morgan fingerprint density at radius 3 is 2.32 bits per heavy atom. The first-order chi connectivity index (χ1) is 13.6. The van der Waals surface area contributed by atoms with E-state index in [1.807, 2.05) is 41.3 Å². The Hall–Kier alpha value is -2.63. The molecule has 7 heteroatoms. The number of benzene rings is 2. The van der Waals surface area contributed by atoms with Crippen molar-refractivity contribution in [1.29, 1.82) is 0 Å². The number of carbonyl (C=O) groups excluding carboxylic acids is 1. The van der Waals surface area contributed by atoms with Crippen LogP contribution in [0.25, 0.3) is 11.3 Å². The summed E-state index contributed by atoms with van der Waals surface area (Å²) in [6.07, 6.45) is 1.59. The average Bonchev–Trinajstić information content (AvgIpc) is 2.76. The molecule has 0 bridgehead atoms. The molecule has 2 aromatic carbocycles. The Morgan fingerprint density at radius 1 is 0.857 bits per heavy atom. The van der Waals surface area contributed by atoms with Gasteiger partial charge in [-0.25, -0.2) is 9.97 Å². The second-order valence-electron chi connectivity index (χ2n) is 6.54. The van der Waals surface area contributed by atoms with Crippen LogP contribution in [0.4, 0.5) is 5.82 Å². The average molecular weight is 413 g/mol. The van der Waals surface area contributed by atoms with Crippen LogP contribution in [0, 0.1) is 0 Å². The van der Waals surface area contributed by atoms with E-state index in [4.69, 9.17) is 23.2 Å². The first-order valence-corrected chi connectivity index (χ1v) is 9.74. The zero-order valence-electron chi connectivity index (χ0n) is 15.1. The zero-order chi connectivity index (χ0) is 19.5. The standard InChI is InChI=1S/C21H18Cl2N4O/c22-17-7-6-16(12-18(17)23)21(28)27-10-8-26(9-11-27)20-13-19(24-14-25-20)15-4-2-1-3-5-15/h1-7,12-14H,8-11H2. The lowest BCUT2D eigenvalue weighted by atomic mass is 10.1. The van der Waals surface area contributed by atoms with Gasteiger partial charge in [-0.2, -0.15) is 0 Å². The number of anilines is 1. The van der Waals surface area contributed by atoms with Crippen molar-refractivity contribution in [3.8, 4) is 11.3 Å². The molecule has 0 atom stereocenters. The number of amides is 1. The third-order valence-electron chi connectivity index (χ3n) is 4.78. The first kappa shape index (κ1) is 18.7. The molecular weight excluding hydrogens is 395 g/mol. The molecule has 2 heterocycles. The fourth-order valence-electron chi connectivity index (χ4n) is 3.24. The number of piperazine rings is 1. The lowest BCUT2D eigenvalue weighted by molar-refractivity contribution is 0.0746. The number of rotatable bonds is 3. The smallest absolute Gasteiger partial charge is 0.254 e. The van der Waals surface area contributed by atoms with Gasteiger partial charge in [-0.05, 0) is 18.2 Å². The molecule has 0 unspecified atom stereocenters. The van der Waals surface area contributed by atoms with Gasteiger partial charge in [0.25, 0.3) is 5.91 Å². The molecule has 0 saturated carbocycles. The monoisotopic (exact) mass is 412 g/mol. The first-order valence-electron chi connectivity index (χ1n) is 8.98. The van der Waals surface area contributed by atoms with Gasteiger partial charge in [-0.3, -0.25) is 4.79 Å². The molecule has 1 fully saturated rings. The number of nitrogens with zero attached hydrogens (tertiary/aromatic N) is 4. The quantitative estimate of drug-likeness (QED) is 0.638. The molecule has 1 aliphatic heterocycles. The molecule has 1 saturated heterocycles. The maximum Gasteiger partial charge on any atom is 0.254 e. The molecule has 28 heavy (non-hydrogen) atoms. The van der Waals surface area contributed by atoms with Gasteiger partial charge < -0.3 is 9.80 Å². The van der Waals surface area contributed by atoms with Gasteiger partial charge in [-0.15, -0.1) is 0 Å². The highest BCUT2D eigenvalue weighted by Gasteiger charge is 2.23. The van der Waals surface area contributed by atoms with Crippen LogP contribution in [-0.2, 0) is 0 Å². The van der Waals surface area contributed by atoms with Gasteiger partial charge in [0.05, 0.1) is 15.7 Å². The topological polar surface area (TPSA) is 49.3 Å². The van der Waals surface area contributed by atoms with Crippen LogP contribution >= 0.6 is 23.2 Å². The number of halogens is 2. The summed E-state index contributed by atoms with van der Waals surface area (Å²) >= 11 is 12.0. The van der Waals surface area contributed by atoms with E-state index in [9.17, 15) is 4.79 Å². The van der Waals surface area contributed by atoms with Crippen molar-refractivity contribution in [2.75, 3.05) is 31.1 Å². The maximum atomic E-state index is 12.7. The molecule has 5 nitrogen and oxygen atoms in total. The number of aromatic nitrogens is 2. The van der Waals surface area contributed by atoms with E-state index < -0.39 is 0 Å². The van der Waals surface area contributed by atoms with Crippen LogP contribution in [0.5, 0.6) is 0 Å². The Morgan fingerprint density at radius 2 is 1.61 bits per heavy atom. The van der Waals surface area contributed by atoms with Crippen molar-refractivity contribution in [2.45, 2.75) is 0 Å². The molecule has 0 radical (unpaired) electrons. The summed E-state index contributed by atoms with van der Waals surface area (Å²) in [7, 11) is 0. The number of hydrogen-bond donors (Lipinski definition) is 0. The van der Waals surface area contributed by atoms with Gasteiger partial charge in [0, 0.05) is 43.4 Å². The summed E-state index contributed by atoms with van der Waals surface area (Å²) in [5, 5.41) is 0.835. The van der Waals surface area contributed by atoms with Gasteiger partial charge >= 0.3 is 0 Å². The second-order valence-corrected chi connectivity index (χ2v) is 7.35. The highest BCUT2D eigenvalue weighted by molar-refractivity contribution is 6.42. The molecule has 3 aromatic rings.